The molecular weight excluding hydrogens is 290 g/mol. The standard InChI is InChI=1S/C13H23N5O2S/c19-21(20,10-12-4-2-1-3-5-12)18-8-6-17(7-9-18)13-14-11-15-16-13/h11-12H,1-10H2,(H,14,15,16). The molecule has 3 rings (SSSR count). The molecule has 2 fully saturated rings. The van der Waals surface area contributed by atoms with Gasteiger partial charge in [-0.25, -0.2) is 13.5 Å². The molecule has 0 spiro atoms. The van der Waals surface area contributed by atoms with Crippen molar-refractivity contribution in [3.63, 3.8) is 0 Å². The number of sulfonamides is 1. The van der Waals surface area contributed by atoms with Crippen LogP contribution in [0.5, 0.6) is 0 Å². The molecule has 2 aliphatic rings. The Morgan fingerprint density at radius 2 is 1.86 bits per heavy atom. The van der Waals surface area contributed by atoms with Gasteiger partial charge in [0.15, 0.2) is 0 Å². The number of rotatable bonds is 4. The van der Waals surface area contributed by atoms with Gasteiger partial charge in [0, 0.05) is 26.2 Å². The normalized spacial score (nSPS) is 22.6. The molecule has 0 bridgehead atoms. The van der Waals surface area contributed by atoms with Crippen molar-refractivity contribution in [1.29, 1.82) is 0 Å². The number of hydrogen-bond acceptors (Lipinski definition) is 5. The highest BCUT2D eigenvalue weighted by molar-refractivity contribution is 7.89. The summed E-state index contributed by atoms with van der Waals surface area (Å²) < 4.78 is 26.7. The van der Waals surface area contributed by atoms with Crippen LogP contribution in [0.3, 0.4) is 0 Å². The highest BCUT2D eigenvalue weighted by Crippen LogP contribution is 2.26. The van der Waals surface area contributed by atoms with E-state index in [1.54, 1.807) is 4.31 Å². The fourth-order valence-electron chi connectivity index (χ4n) is 3.29. The summed E-state index contributed by atoms with van der Waals surface area (Å²) in [7, 11) is -3.11. The fraction of sp³-hybridized carbons (Fsp3) is 0.846. The fourth-order valence-corrected chi connectivity index (χ4v) is 5.15. The zero-order valence-electron chi connectivity index (χ0n) is 12.2. The largest absolute Gasteiger partial charge is 0.339 e. The molecule has 1 aromatic rings. The van der Waals surface area contributed by atoms with Crippen LogP contribution < -0.4 is 4.90 Å². The van der Waals surface area contributed by atoms with Crippen LogP contribution in [-0.4, -0.2) is 59.8 Å². The molecule has 1 aliphatic heterocycles. The van der Waals surface area contributed by atoms with E-state index in [0.717, 1.165) is 18.8 Å². The molecule has 1 aliphatic carbocycles. The number of hydrogen-bond donors (Lipinski definition) is 1. The molecule has 1 saturated carbocycles. The van der Waals surface area contributed by atoms with E-state index >= 15 is 0 Å². The van der Waals surface area contributed by atoms with E-state index in [9.17, 15) is 8.42 Å². The minimum atomic E-state index is -3.11. The minimum absolute atomic E-state index is 0.329. The van der Waals surface area contributed by atoms with Gasteiger partial charge in [-0.05, 0) is 18.8 Å². The van der Waals surface area contributed by atoms with Crippen LogP contribution in [0.4, 0.5) is 5.95 Å². The van der Waals surface area contributed by atoms with E-state index in [0.29, 0.717) is 37.8 Å². The Morgan fingerprint density at radius 3 is 2.48 bits per heavy atom. The number of nitrogens with one attached hydrogen (secondary N) is 1. The summed E-state index contributed by atoms with van der Waals surface area (Å²) in [5, 5.41) is 6.66. The lowest BCUT2D eigenvalue weighted by molar-refractivity contribution is 0.355. The molecule has 21 heavy (non-hydrogen) atoms. The lowest BCUT2D eigenvalue weighted by Gasteiger charge is -2.34. The topological polar surface area (TPSA) is 82.2 Å². The molecule has 1 N–H and O–H groups in total. The minimum Gasteiger partial charge on any atom is -0.339 e. The molecule has 2 heterocycles. The smallest absolute Gasteiger partial charge is 0.221 e. The van der Waals surface area contributed by atoms with Crippen molar-refractivity contribution in [2.24, 2.45) is 5.92 Å². The van der Waals surface area contributed by atoms with E-state index in [2.05, 4.69) is 15.2 Å². The van der Waals surface area contributed by atoms with E-state index in [1.165, 1.54) is 25.6 Å². The van der Waals surface area contributed by atoms with Gasteiger partial charge in [0.25, 0.3) is 0 Å². The summed E-state index contributed by atoms with van der Waals surface area (Å²) in [4.78, 5) is 6.15. The Hall–Kier alpha value is -1.15. The summed E-state index contributed by atoms with van der Waals surface area (Å²) in [5.74, 6) is 1.41. The first-order chi connectivity index (χ1) is 10.1. The molecule has 0 radical (unpaired) electrons. The second-order valence-corrected chi connectivity index (χ2v) is 7.99. The summed E-state index contributed by atoms with van der Waals surface area (Å²) in [5.41, 5.74) is 0. The quantitative estimate of drug-likeness (QED) is 0.890. The van der Waals surface area contributed by atoms with Gasteiger partial charge in [-0.2, -0.15) is 14.4 Å². The van der Waals surface area contributed by atoms with Crippen LogP contribution in [0.15, 0.2) is 6.33 Å². The first-order valence-electron chi connectivity index (χ1n) is 7.73. The molecule has 118 valence electrons. The van der Waals surface area contributed by atoms with Crippen molar-refractivity contribution in [2.75, 3.05) is 36.8 Å². The number of aromatic amines is 1. The third-order valence-electron chi connectivity index (χ3n) is 4.50. The SMILES string of the molecule is O=S(=O)(CC1CCCCC1)N1CCN(c2ncn[nH]2)CC1. The maximum Gasteiger partial charge on any atom is 0.221 e. The Kier molecular flexibility index (Phi) is 4.44. The second kappa shape index (κ2) is 6.31. The summed E-state index contributed by atoms with van der Waals surface area (Å²) >= 11 is 0. The average molecular weight is 313 g/mol. The predicted octanol–water partition coefficient (Wildman–Crippen LogP) is 0.837. The average Bonchev–Trinajstić information content (AvgIpc) is 3.02. The van der Waals surface area contributed by atoms with Gasteiger partial charge in [0.2, 0.25) is 16.0 Å². The van der Waals surface area contributed by atoms with Crippen molar-refractivity contribution in [3.05, 3.63) is 6.33 Å². The maximum absolute atomic E-state index is 12.5. The van der Waals surface area contributed by atoms with Crippen molar-refractivity contribution < 1.29 is 8.42 Å². The predicted molar refractivity (Wildman–Crippen MR) is 80.5 cm³/mol. The summed E-state index contributed by atoms with van der Waals surface area (Å²) in [6.45, 7) is 2.41. The van der Waals surface area contributed by atoms with Gasteiger partial charge in [-0.1, -0.05) is 19.3 Å². The number of nitrogens with zero attached hydrogens (tertiary/aromatic N) is 4. The van der Waals surface area contributed by atoms with E-state index < -0.39 is 10.0 Å². The number of piperazine rings is 1. The van der Waals surface area contributed by atoms with E-state index in [4.69, 9.17) is 0 Å². The number of anilines is 1. The van der Waals surface area contributed by atoms with Crippen LogP contribution in [0.2, 0.25) is 0 Å². The van der Waals surface area contributed by atoms with Crippen molar-refractivity contribution in [2.45, 2.75) is 32.1 Å². The lowest BCUT2D eigenvalue weighted by atomic mass is 9.91. The van der Waals surface area contributed by atoms with Crippen LogP contribution in [0.1, 0.15) is 32.1 Å². The molecule has 1 saturated heterocycles. The highest BCUT2D eigenvalue weighted by atomic mass is 32.2. The van der Waals surface area contributed by atoms with Crippen molar-refractivity contribution in [3.8, 4) is 0 Å². The molecule has 0 amide bonds. The van der Waals surface area contributed by atoms with Gasteiger partial charge in [-0.3, -0.25) is 0 Å². The van der Waals surface area contributed by atoms with Gasteiger partial charge in [0.05, 0.1) is 5.75 Å². The Balaban J connectivity index is 1.55. The van der Waals surface area contributed by atoms with Crippen LogP contribution in [0.25, 0.3) is 0 Å². The van der Waals surface area contributed by atoms with Crippen molar-refractivity contribution in [1.82, 2.24) is 19.5 Å². The molecule has 8 heteroatoms. The molecule has 0 unspecified atom stereocenters. The molecule has 1 aromatic heterocycles. The highest BCUT2D eigenvalue weighted by Gasteiger charge is 2.30. The zero-order valence-corrected chi connectivity index (χ0v) is 13.1. The summed E-state index contributed by atoms with van der Waals surface area (Å²) in [6.07, 6.45) is 7.22. The first-order valence-corrected chi connectivity index (χ1v) is 9.34. The van der Waals surface area contributed by atoms with Gasteiger partial charge in [0.1, 0.15) is 6.33 Å². The third-order valence-corrected chi connectivity index (χ3v) is 6.55. The summed E-state index contributed by atoms with van der Waals surface area (Å²) in [6, 6.07) is 0. The van der Waals surface area contributed by atoms with Gasteiger partial charge >= 0.3 is 0 Å². The molecule has 0 aromatic carbocycles. The first kappa shape index (κ1) is 14.8. The zero-order chi connectivity index (χ0) is 14.7. The van der Waals surface area contributed by atoms with Gasteiger partial charge < -0.3 is 4.90 Å². The number of aromatic nitrogens is 3. The molecular formula is C13H23N5O2S. The van der Waals surface area contributed by atoms with E-state index in [1.807, 2.05) is 4.90 Å². The van der Waals surface area contributed by atoms with Crippen molar-refractivity contribution >= 4 is 16.0 Å². The van der Waals surface area contributed by atoms with Crippen LogP contribution >= 0.6 is 0 Å². The van der Waals surface area contributed by atoms with Crippen LogP contribution in [0, 0.1) is 5.92 Å². The van der Waals surface area contributed by atoms with Crippen LogP contribution in [-0.2, 0) is 10.0 Å². The Labute approximate surface area is 125 Å². The third kappa shape index (κ3) is 3.55. The second-order valence-electron chi connectivity index (χ2n) is 5.98. The maximum atomic E-state index is 12.5. The van der Waals surface area contributed by atoms with E-state index in [-0.39, 0.29) is 0 Å². The Morgan fingerprint density at radius 1 is 1.14 bits per heavy atom. The molecule has 0 atom stereocenters. The molecule has 7 nitrogen and oxygen atoms in total. The van der Waals surface area contributed by atoms with Gasteiger partial charge in [-0.15, -0.1) is 0 Å². The Bertz CT molecular complexity index is 531. The monoisotopic (exact) mass is 313 g/mol. The lowest BCUT2D eigenvalue weighted by Crippen LogP contribution is -2.50. The number of H-pyrrole nitrogens is 1.